The highest BCUT2D eigenvalue weighted by molar-refractivity contribution is 7.99. The van der Waals surface area contributed by atoms with Crippen LogP contribution in [-0.2, 0) is 9.59 Å². The highest BCUT2D eigenvalue weighted by Gasteiger charge is 2.39. The largest absolute Gasteiger partial charge is 0.480 e. The van der Waals surface area contributed by atoms with Gasteiger partial charge >= 0.3 is 5.97 Å². The SMILES string of the molecule is CS[C@@H]1C[C@@H](C(=O)O)N(C(=O)CNC(=O)c2ccc3cc4ccccc4cc3c2)C1. The Balaban J connectivity index is 1.47. The van der Waals surface area contributed by atoms with Crippen molar-refractivity contribution in [2.45, 2.75) is 17.7 Å². The van der Waals surface area contributed by atoms with E-state index in [-0.39, 0.29) is 23.6 Å². The lowest BCUT2D eigenvalue weighted by atomic mass is 10.0. The first-order chi connectivity index (χ1) is 14.5. The van der Waals surface area contributed by atoms with Crippen molar-refractivity contribution in [2.24, 2.45) is 0 Å². The third-order valence-electron chi connectivity index (χ3n) is 5.57. The summed E-state index contributed by atoms with van der Waals surface area (Å²) in [5, 5.41) is 16.3. The van der Waals surface area contributed by atoms with Crippen molar-refractivity contribution in [1.82, 2.24) is 10.2 Å². The zero-order valence-corrected chi connectivity index (χ0v) is 17.3. The maximum atomic E-state index is 12.6. The number of rotatable bonds is 5. The normalized spacial score (nSPS) is 18.6. The molecular formula is C23H22N2O4S. The first-order valence-corrected chi connectivity index (χ1v) is 11.0. The van der Waals surface area contributed by atoms with Gasteiger partial charge in [-0.25, -0.2) is 4.79 Å². The minimum absolute atomic E-state index is 0.0982. The van der Waals surface area contributed by atoms with Crippen molar-refractivity contribution in [3.8, 4) is 0 Å². The van der Waals surface area contributed by atoms with E-state index in [0.717, 1.165) is 21.5 Å². The molecule has 3 aromatic rings. The first-order valence-electron chi connectivity index (χ1n) is 9.72. The second-order valence-electron chi connectivity index (χ2n) is 7.44. The predicted octanol–water partition coefficient (Wildman–Crippen LogP) is 3.14. The molecule has 4 rings (SSSR count). The molecule has 30 heavy (non-hydrogen) atoms. The topological polar surface area (TPSA) is 86.7 Å². The summed E-state index contributed by atoms with van der Waals surface area (Å²) in [6.07, 6.45) is 2.33. The Hall–Kier alpha value is -3.06. The van der Waals surface area contributed by atoms with E-state index < -0.39 is 12.0 Å². The van der Waals surface area contributed by atoms with Gasteiger partial charge in [0, 0.05) is 17.4 Å². The molecule has 0 aromatic heterocycles. The molecule has 2 amide bonds. The monoisotopic (exact) mass is 422 g/mol. The number of hydrogen-bond donors (Lipinski definition) is 2. The fraction of sp³-hybridized carbons (Fsp3) is 0.261. The van der Waals surface area contributed by atoms with E-state index in [4.69, 9.17) is 0 Å². The van der Waals surface area contributed by atoms with Crippen molar-refractivity contribution < 1.29 is 19.5 Å². The Bertz CT molecular complexity index is 1150. The van der Waals surface area contributed by atoms with Crippen LogP contribution in [0.2, 0.25) is 0 Å². The Labute approximate surface area is 178 Å². The predicted molar refractivity (Wildman–Crippen MR) is 119 cm³/mol. The van der Waals surface area contributed by atoms with Crippen LogP contribution in [0.15, 0.2) is 54.6 Å². The molecule has 1 aliphatic rings. The van der Waals surface area contributed by atoms with E-state index in [2.05, 4.69) is 11.4 Å². The molecule has 7 heteroatoms. The van der Waals surface area contributed by atoms with Crippen LogP contribution in [0, 0.1) is 0 Å². The molecule has 154 valence electrons. The summed E-state index contributed by atoms with van der Waals surface area (Å²) in [5.74, 6) is -1.74. The van der Waals surface area contributed by atoms with E-state index in [9.17, 15) is 19.5 Å². The van der Waals surface area contributed by atoms with Crippen molar-refractivity contribution in [3.05, 3.63) is 60.2 Å². The number of nitrogens with zero attached hydrogens (tertiary/aromatic N) is 1. The molecule has 6 nitrogen and oxygen atoms in total. The highest BCUT2D eigenvalue weighted by atomic mass is 32.2. The fourth-order valence-electron chi connectivity index (χ4n) is 3.92. The lowest BCUT2D eigenvalue weighted by Gasteiger charge is -2.21. The summed E-state index contributed by atoms with van der Waals surface area (Å²) in [6, 6.07) is 16.8. The van der Waals surface area contributed by atoms with Gasteiger partial charge in [0.05, 0.1) is 6.54 Å². The van der Waals surface area contributed by atoms with Gasteiger partial charge in [-0.05, 0) is 58.5 Å². The summed E-state index contributed by atoms with van der Waals surface area (Å²) in [5.41, 5.74) is 0.462. The molecule has 0 radical (unpaired) electrons. The van der Waals surface area contributed by atoms with Crippen LogP contribution in [-0.4, -0.2) is 58.4 Å². The summed E-state index contributed by atoms with van der Waals surface area (Å²) in [7, 11) is 0. The van der Waals surface area contributed by atoms with Gasteiger partial charge in [0.15, 0.2) is 0 Å². The van der Waals surface area contributed by atoms with Crippen LogP contribution in [0.1, 0.15) is 16.8 Å². The number of aliphatic carboxylic acids is 1. The third kappa shape index (κ3) is 3.98. The number of fused-ring (bicyclic) bond motifs is 2. The standard InChI is InChI=1S/C23H22N2O4S/c1-30-19-11-20(23(28)29)25(13-19)21(26)12-24-22(27)17-7-6-16-8-14-4-2-3-5-15(14)9-18(16)10-17/h2-10,19-20H,11-13H2,1H3,(H,24,27)(H,28,29)/t19-,20+/m1/s1. The molecule has 0 saturated carbocycles. The molecule has 0 aliphatic carbocycles. The number of likely N-dealkylation sites (tertiary alicyclic amines) is 1. The van der Waals surface area contributed by atoms with Gasteiger partial charge in [-0.1, -0.05) is 30.3 Å². The smallest absolute Gasteiger partial charge is 0.326 e. The van der Waals surface area contributed by atoms with Gasteiger partial charge in [-0.15, -0.1) is 0 Å². The summed E-state index contributed by atoms with van der Waals surface area (Å²) in [4.78, 5) is 38.0. The average Bonchev–Trinajstić information content (AvgIpc) is 3.20. The minimum Gasteiger partial charge on any atom is -0.480 e. The Morgan fingerprint density at radius 1 is 1.03 bits per heavy atom. The fourth-order valence-corrected chi connectivity index (χ4v) is 4.60. The maximum Gasteiger partial charge on any atom is 0.326 e. The molecule has 0 unspecified atom stereocenters. The van der Waals surface area contributed by atoms with Gasteiger partial charge in [0.1, 0.15) is 6.04 Å². The molecule has 0 spiro atoms. The average molecular weight is 423 g/mol. The van der Waals surface area contributed by atoms with Gasteiger partial charge in [0.25, 0.3) is 5.91 Å². The molecule has 2 atom stereocenters. The van der Waals surface area contributed by atoms with E-state index in [1.807, 2.05) is 42.7 Å². The van der Waals surface area contributed by atoms with Crippen molar-refractivity contribution in [2.75, 3.05) is 19.3 Å². The maximum absolute atomic E-state index is 12.6. The molecule has 3 aromatic carbocycles. The number of nitrogens with one attached hydrogen (secondary N) is 1. The highest BCUT2D eigenvalue weighted by Crippen LogP contribution is 2.26. The van der Waals surface area contributed by atoms with E-state index >= 15 is 0 Å². The van der Waals surface area contributed by atoms with Crippen LogP contribution in [0.3, 0.4) is 0 Å². The van der Waals surface area contributed by atoms with Crippen LogP contribution >= 0.6 is 11.8 Å². The Morgan fingerprint density at radius 2 is 1.70 bits per heavy atom. The number of benzene rings is 3. The zero-order valence-electron chi connectivity index (χ0n) is 16.5. The second kappa shape index (κ2) is 8.36. The number of carbonyl (C=O) groups excluding carboxylic acids is 2. The number of carbonyl (C=O) groups is 3. The van der Waals surface area contributed by atoms with Crippen LogP contribution in [0.5, 0.6) is 0 Å². The molecule has 1 saturated heterocycles. The lowest BCUT2D eigenvalue weighted by Crippen LogP contribution is -2.45. The van der Waals surface area contributed by atoms with Crippen molar-refractivity contribution in [1.29, 1.82) is 0 Å². The van der Waals surface area contributed by atoms with Gasteiger partial charge < -0.3 is 15.3 Å². The van der Waals surface area contributed by atoms with Gasteiger partial charge in [-0.3, -0.25) is 9.59 Å². The van der Waals surface area contributed by atoms with Crippen LogP contribution in [0.25, 0.3) is 21.5 Å². The quantitative estimate of drug-likeness (QED) is 0.617. The van der Waals surface area contributed by atoms with E-state index in [1.54, 1.807) is 23.9 Å². The Morgan fingerprint density at radius 3 is 2.37 bits per heavy atom. The minimum atomic E-state index is -1.01. The van der Waals surface area contributed by atoms with Gasteiger partial charge in [-0.2, -0.15) is 11.8 Å². The van der Waals surface area contributed by atoms with Crippen molar-refractivity contribution in [3.63, 3.8) is 0 Å². The number of amides is 2. The number of hydrogen-bond acceptors (Lipinski definition) is 4. The van der Waals surface area contributed by atoms with Crippen LogP contribution < -0.4 is 5.32 Å². The zero-order chi connectivity index (χ0) is 21.3. The van der Waals surface area contributed by atoms with E-state index in [0.29, 0.717) is 18.5 Å². The first kappa shape index (κ1) is 20.2. The summed E-state index contributed by atoms with van der Waals surface area (Å²) < 4.78 is 0. The molecule has 1 heterocycles. The summed E-state index contributed by atoms with van der Waals surface area (Å²) >= 11 is 1.55. The number of carboxylic acid groups (broad SMARTS) is 1. The number of thioether (sulfide) groups is 1. The molecule has 1 aliphatic heterocycles. The molecule has 0 bridgehead atoms. The van der Waals surface area contributed by atoms with E-state index in [1.165, 1.54) is 4.90 Å². The van der Waals surface area contributed by atoms with Crippen LogP contribution in [0.4, 0.5) is 0 Å². The van der Waals surface area contributed by atoms with Crippen molar-refractivity contribution >= 4 is 51.1 Å². The van der Waals surface area contributed by atoms with Gasteiger partial charge in [0.2, 0.25) is 5.91 Å². The lowest BCUT2D eigenvalue weighted by molar-refractivity contribution is -0.147. The molecule has 1 fully saturated rings. The second-order valence-corrected chi connectivity index (χ2v) is 8.58. The Kier molecular flexibility index (Phi) is 5.63. The molecular weight excluding hydrogens is 400 g/mol. The third-order valence-corrected chi connectivity index (χ3v) is 6.58. The summed E-state index contributed by atoms with van der Waals surface area (Å²) in [6.45, 7) is 0.162. The number of carboxylic acids is 1. The molecule has 2 N–H and O–H groups in total.